The van der Waals surface area contributed by atoms with E-state index in [4.69, 9.17) is 12.2 Å². The summed E-state index contributed by atoms with van der Waals surface area (Å²) in [5, 5.41) is 6.83. The zero-order chi connectivity index (χ0) is 25.1. The summed E-state index contributed by atoms with van der Waals surface area (Å²) in [6.07, 6.45) is 4.03. The molecule has 4 aromatic rings. The molecule has 1 saturated heterocycles. The molecule has 0 bridgehead atoms. The molecule has 2 aromatic heterocycles. The highest BCUT2D eigenvalue weighted by Gasteiger charge is 2.41. The summed E-state index contributed by atoms with van der Waals surface area (Å²) in [6, 6.07) is 23.7. The van der Waals surface area contributed by atoms with Crippen LogP contribution in [0.2, 0.25) is 0 Å². The number of hydrogen-bond acceptors (Lipinski definition) is 3. The molecular formula is C28H26FN5OS. The Hall–Kier alpha value is -4.04. The molecule has 1 fully saturated rings. The van der Waals surface area contributed by atoms with E-state index in [1.807, 2.05) is 30.5 Å². The summed E-state index contributed by atoms with van der Waals surface area (Å²) in [5.41, 5.74) is 4.71. The minimum Gasteiger partial charge on any atom is -0.352 e. The van der Waals surface area contributed by atoms with Gasteiger partial charge in [-0.2, -0.15) is 0 Å². The molecule has 3 heterocycles. The van der Waals surface area contributed by atoms with Crippen LogP contribution in [0.3, 0.4) is 0 Å². The summed E-state index contributed by atoms with van der Waals surface area (Å²) < 4.78 is 15.4. The van der Waals surface area contributed by atoms with Crippen LogP contribution in [-0.2, 0) is 4.79 Å². The second-order valence-corrected chi connectivity index (χ2v) is 9.15. The van der Waals surface area contributed by atoms with Gasteiger partial charge >= 0.3 is 0 Å². The largest absolute Gasteiger partial charge is 0.352 e. The second-order valence-electron chi connectivity index (χ2n) is 8.76. The molecule has 0 spiro atoms. The lowest BCUT2D eigenvalue weighted by Crippen LogP contribution is -2.33. The number of aromatic nitrogens is 2. The molecule has 6 nitrogen and oxygen atoms in total. The number of nitrogens with one attached hydrogen (secondary N) is 2. The molecule has 1 aliphatic heterocycles. The molecule has 1 amide bonds. The van der Waals surface area contributed by atoms with Gasteiger partial charge in [0.15, 0.2) is 5.11 Å². The SMILES string of the molecule is Cc1ccc(-n2cccc2[C@@H]2[C@H](c3ccccn3)NC(=S)N2CCC(=O)Nc2ccc(F)cc2)cc1. The van der Waals surface area contributed by atoms with Gasteiger partial charge in [-0.3, -0.25) is 9.78 Å². The monoisotopic (exact) mass is 499 g/mol. The van der Waals surface area contributed by atoms with Crippen molar-refractivity contribution in [3.05, 3.63) is 114 Å². The van der Waals surface area contributed by atoms with E-state index in [9.17, 15) is 9.18 Å². The van der Waals surface area contributed by atoms with Crippen LogP contribution >= 0.6 is 12.2 Å². The first kappa shape index (κ1) is 23.7. The van der Waals surface area contributed by atoms with Crippen molar-refractivity contribution in [2.75, 3.05) is 11.9 Å². The number of rotatable bonds is 7. The maximum Gasteiger partial charge on any atom is 0.226 e. The number of thiocarbonyl (C=S) groups is 1. The van der Waals surface area contributed by atoms with Gasteiger partial charge < -0.3 is 20.1 Å². The van der Waals surface area contributed by atoms with Gasteiger partial charge in [0.05, 0.1) is 17.8 Å². The highest BCUT2D eigenvalue weighted by Crippen LogP contribution is 2.39. The molecule has 1 aliphatic rings. The summed E-state index contributed by atoms with van der Waals surface area (Å²) in [6.45, 7) is 2.47. The first-order valence-electron chi connectivity index (χ1n) is 11.8. The Morgan fingerprint density at radius 1 is 1.06 bits per heavy atom. The van der Waals surface area contributed by atoms with Gasteiger partial charge in [0, 0.05) is 42.4 Å². The normalized spacial score (nSPS) is 17.2. The summed E-state index contributed by atoms with van der Waals surface area (Å²) in [5.74, 6) is -0.514. The number of carbonyl (C=O) groups excluding carboxylic acids is 1. The molecule has 2 aromatic carbocycles. The molecule has 5 rings (SSSR count). The van der Waals surface area contributed by atoms with Crippen LogP contribution in [-0.4, -0.2) is 32.0 Å². The number of hydrogen-bond donors (Lipinski definition) is 2. The first-order valence-corrected chi connectivity index (χ1v) is 12.2. The first-order chi connectivity index (χ1) is 17.5. The van der Waals surface area contributed by atoms with Crippen LogP contribution in [0.4, 0.5) is 10.1 Å². The third-order valence-electron chi connectivity index (χ3n) is 6.30. The Bertz CT molecular complexity index is 1350. The van der Waals surface area contributed by atoms with E-state index >= 15 is 0 Å². The summed E-state index contributed by atoms with van der Waals surface area (Å²) >= 11 is 5.75. The lowest BCUT2D eigenvalue weighted by atomic mass is 10.0. The second kappa shape index (κ2) is 10.3. The van der Waals surface area contributed by atoms with Gasteiger partial charge in [-0.15, -0.1) is 0 Å². The number of halogens is 1. The predicted octanol–water partition coefficient (Wildman–Crippen LogP) is 5.32. The minimum absolute atomic E-state index is 0.168. The van der Waals surface area contributed by atoms with E-state index in [1.165, 1.54) is 17.7 Å². The van der Waals surface area contributed by atoms with Crippen LogP contribution in [0.1, 0.15) is 35.5 Å². The van der Waals surface area contributed by atoms with Crippen molar-refractivity contribution in [3.8, 4) is 5.69 Å². The molecule has 182 valence electrons. The van der Waals surface area contributed by atoms with Gasteiger partial charge in [-0.25, -0.2) is 4.39 Å². The third-order valence-corrected chi connectivity index (χ3v) is 6.65. The van der Waals surface area contributed by atoms with Crippen molar-refractivity contribution in [3.63, 3.8) is 0 Å². The maximum absolute atomic E-state index is 13.2. The predicted molar refractivity (Wildman–Crippen MR) is 142 cm³/mol. The Balaban J connectivity index is 1.43. The molecule has 0 radical (unpaired) electrons. The quantitative estimate of drug-likeness (QED) is 0.337. The van der Waals surface area contributed by atoms with Crippen molar-refractivity contribution < 1.29 is 9.18 Å². The number of anilines is 1. The number of pyridine rings is 1. The number of benzene rings is 2. The van der Waals surface area contributed by atoms with Crippen LogP contribution in [0.25, 0.3) is 5.69 Å². The van der Waals surface area contributed by atoms with Crippen molar-refractivity contribution in [1.29, 1.82) is 0 Å². The molecule has 2 N–H and O–H groups in total. The smallest absolute Gasteiger partial charge is 0.226 e. The molecule has 8 heteroatoms. The third kappa shape index (κ3) is 4.99. The molecule has 0 aliphatic carbocycles. The minimum atomic E-state index is -0.346. The van der Waals surface area contributed by atoms with Crippen LogP contribution in [0, 0.1) is 12.7 Å². The summed E-state index contributed by atoms with van der Waals surface area (Å²) in [7, 11) is 0. The van der Waals surface area contributed by atoms with E-state index in [0.29, 0.717) is 17.3 Å². The Kier molecular flexibility index (Phi) is 6.77. The van der Waals surface area contributed by atoms with E-state index in [0.717, 1.165) is 17.1 Å². The van der Waals surface area contributed by atoms with E-state index in [2.05, 4.69) is 62.3 Å². The fourth-order valence-corrected chi connectivity index (χ4v) is 4.85. The van der Waals surface area contributed by atoms with Crippen LogP contribution < -0.4 is 10.6 Å². The van der Waals surface area contributed by atoms with Gasteiger partial charge in [0.1, 0.15) is 5.82 Å². The van der Waals surface area contributed by atoms with E-state index in [-0.39, 0.29) is 30.2 Å². The van der Waals surface area contributed by atoms with E-state index < -0.39 is 0 Å². The topological polar surface area (TPSA) is 62.2 Å². The highest BCUT2D eigenvalue weighted by atomic mass is 32.1. The van der Waals surface area contributed by atoms with Crippen molar-refractivity contribution in [2.45, 2.75) is 25.4 Å². The highest BCUT2D eigenvalue weighted by molar-refractivity contribution is 7.80. The van der Waals surface area contributed by atoms with Gasteiger partial charge in [-0.05, 0) is 79.8 Å². The van der Waals surface area contributed by atoms with Gasteiger partial charge in [-0.1, -0.05) is 23.8 Å². The summed E-state index contributed by atoms with van der Waals surface area (Å²) in [4.78, 5) is 19.4. The lowest BCUT2D eigenvalue weighted by molar-refractivity contribution is -0.116. The number of nitrogens with zero attached hydrogens (tertiary/aromatic N) is 3. The van der Waals surface area contributed by atoms with Crippen molar-refractivity contribution >= 4 is 28.9 Å². The van der Waals surface area contributed by atoms with Gasteiger partial charge in [0.25, 0.3) is 0 Å². The Morgan fingerprint density at radius 2 is 1.83 bits per heavy atom. The standard InChI is InChI=1S/C28H26FN5OS/c1-19-7-13-22(14-8-19)33-17-4-6-24(33)27-26(23-5-2-3-16-30-23)32-28(36)34(27)18-15-25(35)31-21-11-9-20(29)10-12-21/h2-14,16-17,26-27H,15,18H2,1H3,(H,31,35)(H,32,36)/t26-,27+/m0/s1. The average Bonchev–Trinajstić information content (AvgIpc) is 3.49. The lowest BCUT2D eigenvalue weighted by Gasteiger charge is -2.29. The molecule has 36 heavy (non-hydrogen) atoms. The number of amides is 1. The average molecular weight is 500 g/mol. The molecule has 0 unspecified atom stereocenters. The Morgan fingerprint density at radius 3 is 2.56 bits per heavy atom. The zero-order valence-electron chi connectivity index (χ0n) is 19.8. The van der Waals surface area contributed by atoms with Crippen LogP contribution in [0.5, 0.6) is 0 Å². The van der Waals surface area contributed by atoms with Gasteiger partial charge in [0.2, 0.25) is 5.91 Å². The zero-order valence-corrected chi connectivity index (χ0v) is 20.6. The number of aryl methyl sites for hydroxylation is 1. The van der Waals surface area contributed by atoms with Crippen LogP contribution in [0.15, 0.2) is 91.3 Å². The fourth-order valence-electron chi connectivity index (χ4n) is 4.52. The van der Waals surface area contributed by atoms with E-state index in [1.54, 1.807) is 18.3 Å². The Labute approximate surface area is 214 Å². The molecule has 2 atom stereocenters. The van der Waals surface area contributed by atoms with Crippen molar-refractivity contribution in [1.82, 2.24) is 19.8 Å². The van der Waals surface area contributed by atoms with Crippen molar-refractivity contribution in [2.24, 2.45) is 0 Å². The number of carbonyl (C=O) groups is 1. The maximum atomic E-state index is 13.2. The molecule has 0 saturated carbocycles. The fraction of sp³-hybridized carbons (Fsp3) is 0.179. The molecular weight excluding hydrogens is 473 g/mol.